The molecular weight excluding hydrogens is 338 g/mol. The van der Waals surface area contributed by atoms with Crippen LogP contribution in [0.5, 0.6) is 0 Å². The molecule has 0 N–H and O–H groups in total. The minimum Gasteiger partial charge on any atom is -0.464 e. The molecule has 0 fully saturated rings. The molecular formula is C22H21N3O2. The molecule has 1 heterocycles. The van der Waals surface area contributed by atoms with E-state index in [9.17, 15) is 4.79 Å². The minimum atomic E-state index is -0.685. The number of hydrogen-bond acceptors (Lipinski definition) is 5. The first-order valence-corrected chi connectivity index (χ1v) is 8.88. The van der Waals surface area contributed by atoms with Crippen molar-refractivity contribution in [1.82, 2.24) is 9.97 Å². The number of aliphatic imine (C=N–C) groups is 1. The van der Waals surface area contributed by atoms with Crippen LogP contribution >= 0.6 is 0 Å². The molecule has 5 heteroatoms. The first-order chi connectivity index (χ1) is 13.3. The molecule has 136 valence electrons. The van der Waals surface area contributed by atoms with E-state index < -0.39 is 6.04 Å². The summed E-state index contributed by atoms with van der Waals surface area (Å²) in [4.78, 5) is 25.5. The predicted molar refractivity (Wildman–Crippen MR) is 105 cm³/mol. The molecule has 3 aromatic rings. The fourth-order valence-electron chi connectivity index (χ4n) is 2.72. The number of carbonyl (C=O) groups is 1. The van der Waals surface area contributed by atoms with Crippen molar-refractivity contribution in [3.63, 3.8) is 0 Å². The largest absolute Gasteiger partial charge is 0.464 e. The zero-order valence-corrected chi connectivity index (χ0v) is 15.2. The molecule has 0 saturated heterocycles. The molecule has 3 rings (SSSR count). The van der Waals surface area contributed by atoms with Gasteiger partial charge in [-0.25, -0.2) is 14.8 Å². The van der Waals surface area contributed by atoms with E-state index >= 15 is 0 Å². The van der Waals surface area contributed by atoms with Gasteiger partial charge in [-0.3, -0.25) is 4.99 Å². The summed E-state index contributed by atoms with van der Waals surface area (Å²) >= 11 is 0. The number of benzene rings is 2. The fraction of sp³-hybridized carbons (Fsp3) is 0.182. The van der Waals surface area contributed by atoms with Gasteiger partial charge in [0.15, 0.2) is 6.04 Å². The molecule has 0 saturated carbocycles. The van der Waals surface area contributed by atoms with Gasteiger partial charge in [0.25, 0.3) is 0 Å². The highest BCUT2D eigenvalue weighted by Crippen LogP contribution is 2.15. The Hall–Kier alpha value is -3.34. The molecule has 1 aromatic heterocycles. The van der Waals surface area contributed by atoms with Crippen LogP contribution in [0, 0.1) is 0 Å². The third-order valence-corrected chi connectivity index (χ3v) is 3.98. The fourth-order valence-corrected chi connectivity index (χ4v) is 2.72. The van der Waals surface area contributed by atoms with Crippen molar-refractivity contribution in [2.24, 2.45) is 4.99 Å². The summed E-state index contributed by atoms with van der Waals surface area (Å²) in [5.41, 5.74) is 3.39. The summed E-state index contributed by atoms with van der Waals surface area (Å²) in [5, 5.41) is 0. The van der Waals surface area contributed by atoms with Crippen LogP contribution < -0.4 is 0 Å². The van der Waals surface area contributed by atoms with Crippen LogP contribution in [-0.4, -0.2) is 34.3 Å². The summed E-state index contributed by atoms with van der Waals surface area (Å²) < 4.78 is 5.26. The number of hydrogen-bond donors (Lipinski definition) is 0. The molecule has 27 heavy (non-hydrogen) atoms. The van der Waals surface area contributed by atoms with Gasteiger partial charge >= 0.3 is 5.97 Å². The van der Waals surface area contributed by atoms with Gasteiger partial charge in [0.2, 0.25) is 0 Å². The Balaban J connectivity index is 2.03. The van der Waals surface area contributed by atoms with Gasteiger partial charge in [-0.15, -0.1) is 0 Å². The van der Waals surface area contributed by atoms with E-state index in [1.165, 1.54) is 6.33 Å². The van der Waals surface area contributed by atoms with Gasteiger partial charge < -0.3 is 4.74 Å². The third kappa shape index (κ3) is 5.07. The van der Waals surface area contributed by atoms with Gasteiger partial charge in [0.05, 0.1) is 12.3 Å². The standard InChI is InChI=1S/C22H21N3O2/c1-2-27-22(26)20(15-19-13-14-23-16-24-19)25-21(17-9-5-3-6-10-17)18-11-7-4-8-12-18/h3-14,16,20H,2,15H2,1H3. The summed E-state index contributed by atoms with van der Waals surface area (Å²) in [5.74, 6) is -0.361. The van der Waals surface area contributed by atoms with Gasteiger partial charge in [-0.1, -0.05) is 60.7 Å². The maximum atomic E-state index is 12.6. The third-order valence-electron chi connectivity index (χ3n) is 3.98. The number of esters is 1. The number of aromatic nitrogens is 2. The Kier molecular flexibility index (Phi) is 6.41. The van der Waals surface area contributed by atoms with Gasteiger partial charge in [0, 0.05) is 29.4 Å². The second kappa shape index (κ2) is 9.38. The van der Waals surface area contributed by atoms with Crippen molar-refractivity contribution in [3.05, 3.63) is 96.1 Å². The van der Waals surface area contributed by atoms with Crippen LogP contribution in [-0.2, 0) is 16.0 Å². The summed E-state index contributed by atoms with van der Waals surface area (Å²) in [7, 11) is 0. The lowest BCUT2D eigenvalue weighted by Crippen LogP contribution is -2.26. The molecule has 0 spiro atoms. The Morgan fingerprint density at radius 3 is 2.15 bits per heavy atom. The first kappa shape index (κ1) is 18.5. The maximum absolute atomic E-state index is 12.6. The number of ether oxygens (including phenoxy) is 1. The monoisotopic (exact) mass is 359 g/mol. The zero-order valence-electron chi connectivity index (χ0n) is 15.2. The van der Waals surface area contributed by atoms with E-state index in [-0.39, 0.29) is 5.97 Å². The van der Waals surface area contributed by atoms with Crippen molar-refractivity contribution in [2.45, 2.75) is 19.4 Å². The van der Waals surface area contributed by atoms with Gasteiger partial charge in [0.1, 0.15) is 6.33 Å². The quantitative estimate of drug-likeness (QED) is 0.478. The van der Waals surface area contributed by atoms with Crippen molar-refractivity contribution >= 4 is 11.7 Å². The van der Waals surface area contributed by atoms with E-state index in [2.05, 4.69) is 9.97 Å². The van der Waals surface area contributed by atoms with Crippen LogP contribution in [0.4, 0.5) is 0 Å². The second-order valence-electron chi connectivity index (χ2n) is 5.88. The molecule has 0 aliphatic heterocycles. The highest BCUT2D eigenvalue weighted by atomic mass is 16.5. The van der Waals surface area contributed by atoms with Crippen LogP contribution in [0.3, 0.4) is 0 Å². The Bertz CT molecular complexity index is 840. The summed E-state index contributed by atoms with van der Waals surface area (Å²) in [6, 6.07) is 20.8. The molecule has 0 amide bonds. The summed E-state index contributed by atoms with van der Waals surface area (Å²) in [6.07, 6.45) is 3.48. The molecule has 0 aliphatic rings. The molecule has 1 unspecified atom stereocenters. The van der Waals surface area contributed by atoms with E-state index in [1.807, 2.05) is 60.7 Å². The van der Waals surface area contributed by atoms with E-state index in [0.29, 0.717) is 13.0 Å². The first-order valence-electron chi connectivity index (χ1n) is 8.88. The van der Waals surface area contributed by atoms with E-state index in [4.69, 9.17) is 9.73 Å². The maximum Gasteiger partial charge on any atom is 0.331 e. The van der Waals surface area contributed by atoms with Crippen molar-refractivity contribution in [2.75, 3.05) is 6.61 Å². The summed E-state index contributed by atoms with van der Waals surface area (Å²) in [6.45, 7) is 2.10. The van der Waals surface area contributed by atoms with Gasteiger partial charge in [-0.2, -0.15) is 0 Å². The van der Waals surface area contributed by atoms with Crippen LogP contribution in [0.1, 0.15) is 23.7 Å². The van der Waals surface area contributed by atoms with Crippen molar-refractivity contribution in [1.29, 1.82) is 0 Å². The normalized spacial score (nSPS) is 11.4. The van der Waals surface area contributed by atoms with Crippen molar-refractivity contribution in [3.8, 4) is 0 Å². The molecule has 2 aromatic carbocycles. The van der Waals surface area contributed by atoms with Crippen LogP contribution in [0.2, 0.25) is 0 Å². The SMILES string of the molecule is CCOC(=O)C(Cc1ccncn1)N=C(c1ccccc1)c1ccccc1. The Labute approximate surface area is 158 Å². The molecule has 5 nitrogen and oxygen atoms in total. The molecule has 0 aliphatic carbocycles. The topological polar surface area (TPSA) is 64.4 Å². The lowest BCUT2D eigenvalue weighted by atomic mass is 10.0. The van der Waals surface area contributed by atoms with Gasteiger partial charge in [-0.05, 0) is 13.0 Å². The lowest BCUT2D eigenvalue weighted by Gasteiger charge is -2.15. The Morgan fingerprint density at radius 1 is 1.00 bits per heavy atom. The second-order valence-corrected chi connectivity index (χ2v) is 5.88. The average molecular weight is 359 g/mol. The minimum absolute atomic E-state index is 0.306. The number of nitrogens with zero attached hydrogens (tertiary/aromatic N) is 3. The number of carbonyl (C=O) groups excluding carboxylic acids is 1. The highest BCUT2D eigenvalue weighted by Gasteiger charge is 2.22. The van der Waals surface area contributed by atoms with Crippen LogP contribution in [0.25, 0.3) is 0 Å². The molecule has 1 atom stereocenters. The Morgan fingerprint density at radius 2 is 1.63 bits per heavy atom. The van der Waals surface area contributed by atoms with Crippen LogP contribution in [0.15, 0.2) is 84.2 Å². The lowest BCUT2D eigenvalue weighted by molar-refractivity contribution is -0.144. The number of rotatable bonds is 7. The molecule has 0 bridgehead atoms. The van der Waals surface area contributed by atoms with E-state index in [1.54, 1.807) is 19.2 Å². The zero-order chi connectivity index (χ0) is 18.9. The smallest absolute Gasteiger partial charge is 0.331 e. The van der Waals surface area contributed by atoms with Crippen molar-refractivity contribution < 1.29 is 9.53 Å². The predicted octanol–water partition coefficient (Wildman–Crippen LogP) is 3.49. The van der Waals surface area contributed by atoms with E-state index in [0.717, 1.165) is 22.5 Å². The molecule has 0 radical (unpaired) electrons. The highest BCUT2D eigenvalue weighted by molar-refractivity contribution is 6.13. The average Bonchev–Trinajstić information content (AvgIpc) is 2.73.